The summed E-state index contributed by atoms with van der Waals surface area (Å²) in [6.45, 7) is 3.38. The third-order valence-electron chi connectivity index (χ3n) is 2.69. The van der Waals surface area contributed by atoms with Gasteiger partial charge in [-0.25, -0.2) is 8.42 Å². The minimum atomic E-state index is -3.84. The number of nitrogens with zero attached hydrogens (tertiary/aromatic N) is 2. The molecule has 0 saturated heterocycles. The van der Waals surface area contributed by atoms with Crippen molar-refractivity contribution in [3.05, 3.63) is 18.5 Å². The van der Waals surface area contributed by atoms with Gasteiger partial charge in [-0.1, -0.05) is 6.92 Å². The normalized spacial score (nSPS) is 13.2. The number of sulfonamides is 1. The van der Waals surface area contributed by atoms with Crippen LogP contribution in [0.4, 0.5) is 0 Å². The van der Waals surface area contributed by atoms with E-state index in [4.69, 9.17) is 9.84 Å². The van der Waals surface area contributed by atoms with Gasteiger partial charge in [-0.3, -0.25) is 9.78 Å². The van der Waals surface area contributed by atoms with Crippen LogP contribution in [0.2, 0.25) is 0 Å². The van der Waals surface area contributed by atoms with E-state index in [2.05, 4.69) is 4.98 Å². The molecule has 8 heteroatoms. The summed E-state index contributed by atoms with van der Waals surface area (Å²) in [5.41, 5.74) is 0. The molecule has 7 nitrogen and oxygen atoms in total. The molecular formula is C12H18N2O5S. The SMILES string of the molecule is CCOc1ccncc1S(=O)(=O)N(C)CC(C)C(=O)O. The first-order valence-corrected chi connectivity index (χ1v) is 7.50. The zero-order valence-electron chi connectivity index (χ0n) is 11.6. The molecule has 1 N–H and O–H groups in total. The van der Waals surface area contributed by atoms with E-state index in [1.165, 1.54) is 32.4 Å². The summed E-state index contributed by atoms with van der Waals surface area (Å²) >= 11 is 0. The average Bonchev–Trinajstić information content (AvgIpc) is 2.39. The number of aromatic nitrogens is 1. The second-order valence-corrected chi connectivity index (χ2v) is 6.29. The second kappa shape index (κ2) is 6.67. The molecule has 0 spiro atoms. The van der Waals surface area contributed by atoms with Crippen molar-refractivity contribution in [1.29, 1.82) is 0 Å². The number of pyridine rings is 1. The van der Waals surface area contributed by atoms with Crippen molar-refractivity contribution in [3.63, 3.8) is 0 Å². The van der Waals surface area contributed by atoms with Crippen LogP contribution in [0, 0.1) is 5.92 Å². The van der Waals surface area contributed by atoms with E-state index >= 15 is 0 Å². The molecule has 1 aromatic rings. The fourth-order valence-corrected chi connectivity index (χ4v) is 2.90. The Hall–Kier alpha value is -1.67. The monoisotopic (exact) mass is 302 g/mol. The Morgan fingerprint density at radius 1 is 1.55 bits per heavy atom. The number of carbonyl (C=O) groups is 1. The quantitative estimate of drug-likeness (QED) is 0.801. The van der Waals surface area contributed by atoms with Gasteiger partial charge >= 0.3 is 5.97 Å². The first-order chi connectivity index (χ1) is 9.30. The van der Waals surface area contributed by atoms with E-state index in [1.807, 2.05) is 0 Å². The molecule has 20 heavy (non-hydrogen) atoms. The Bertz CT molecular complexity index is 573. The standard InChI is InChI=1S/C12H18N2O5S/c1-4-19-10-5-6-13-7-11(10)20(17,18)14(3)8-9(2)12(15)16/h5-7,9H,4,8H2,1-3H3,(H,15,16). The van der Waals surface area contributed by atoms with Crippen molar-refractivity contribution in [1.82, 2.24) is 9.29 Å². The van der Waals surface area contributed by atoms with Crippen LogP contribution < -0.4 is 4.74 Å². The van der Waals surface area contributed by atoms with Gasteiger partial charge in [-0.2, -0.15) is 4.31 Å². The number of rotatable bonds is 7. The summed E-state index contributed by atoms with van der Waals surface area (Å²) in [5, 5.41) is 8.85. The number of carboxylic acid groups (broad SMARTS) is 1. The van der Waals surface area contributed by atoms with E-state index in [-0.39, 0.29) is 17.2 Å². The molecule has 0 fully saturated rings. The van der Waals surface area contributed by atoms with E-state index in [0.29, 0.717) is 6.61 Å². The molecule has 1 heterocycles. The fraction of sp³-hybridized carbons (Fsp3) is 0.500. The van der Waals surface area contributed by atoms with Crippen LogP contribution >= 0.6 is 0 Å². The first-order valence-electron chi connectivity index (χ1n) is 6.06. The lowest BCUT2D eigenvalue weighted by molar-refractivity contribution is -0.141. The summed E-state index contributed by atoms with van der Waals surface area (Å²) in [7, 11) is -2.51. The van der Waals surface area contributed by atoms with Crippen molar-refractivity contribution >= 4 is 16.0 Å². The number of aliphatic carboxylic acids is 1. The van der Waals surface area contributed by atoms with Gasteiger partial charge in [0.15, 0.2) is 0 Å². The van der Waals surface area contributed by atoms with Crippen molar-refractivity contribution in [3.8, 4) is 5.75 Å². The summed E-state index contributed by atoms with van der Waals surface area (Å²) < 4.78 is 31.1. The average molecular weight is 302 g/mol. The van der Waals surface area contributed by atoms with E-state index in [9.17, 15) is 13.2 Å². The first kappa shape index (κ1) is 16.4. The van der Waals surface area contributed by atoms with Gasteiger partial charge < -0.3 is 9.84 Å². The lowest BCUT2D eigenvalue weighted by Gasteiger charge is -2.20. The summed E-state index contributed by atoms with van der Waals surface area (Å²) in [6, 6.07) is 1.46. The smallest absolute Gasteiger partial charge is 0.307 e. The Morgan fingerprint density at radius 2 is 2.20 bits per heavy atom. The van der Waals surface area contributed by atoms with Gasteiger partial charge in [-0.05, 0) is 13.0 Å². The van der Waals surface area contributed by atoms with Crippen molar-refractivity contribution in [2.24, 2.45) is 5.92 Å². The van der Waals surface area contributed by atoms with Crippen molar-refractivity contribution in [2.45, 2.75) is 18.7 Å². The summed E-state index contributed by atoms with van der Waals surface area (Å²) in [6.07, 6.45) is 2.63. The summed E-state index contributed by atoms with van der Waals surface area (Å²) in [5.74, 6) is -1.65. The van der Waals surface area contributed by atoms with E-state index in [0.717, 1.165) is 4.31 Å². The zero-order valence-corrected chi connectivity index (χ0v) is 12.4. The van der Waals surface area contributed by atoms with Gasteiger partial charge in [0.2, 0.25) is 10.0 Å². The van der Waals surface area contributed by atoms with Gasteiger partial charge in [0, 0.05) is 19.8 Å². The van der Waals surface area contributed by atoms with Crippen LogP contribution in [0.5, 0.6) is 5.75 Å². The Kier molecular flexibility index (Phi) is 5.46. The summed E-state index contributed by atoms with van der Waals surface area (Å²) in [4.78, 5) is 14.5. The topological polar surface area (TPSA) is 96.8 Å². The third kappa shape index (κ3) is 3.67. The van der Waals surface area contributed by atoms with Crippen LogP contribution in [-0.2, 0) is 14.8 Å². The Morgan fingerprint density at radius 3 is 2.75 bits per heavy atom. The Balaban J connectivity index is 3.07. The maximum Gasteiger partial charge on any atom is 0.307 e. The van der Waals surface area contributed by atoms with Crippen LogP contribution in [0.25, 0.3) is 0 Å². The molecule has 0 aromatic carbocycles. The molecule has 0 amide bonds. The highest BCUT2D eigenvalue weighted by molar-refractivity contribution is 7.89. The number of hydrogen-bond acceptors (Lipinski definition) is 5. The highest BCUT2D eigenvalue weighted by atomic mass is 32.2. The Labute approximate surface area is 118 Å². The number of carboxylic acids is 1. The molecular weight excluding hydrogens is 284 g/mol. The molecule has 112 valence electrons. The van der Waals surface area contributed by atoms with Gasteiger partial charge in [0.1, 0.15) is 10.6 Å². The highest BCUT2D eigenvalue weighted by Crippen LogP contribution is 2.25. The van der Waals surface area contributed by atoms with Crippen LogP contribution in [0.1, 0.15) is 13.8 Å². The van der Waals surface area contributed by atoms with Gasteiger partial charge in [-0.15, -0.1) is 0 Å². The van der Waals surface area contributed by atoms with Crippen LogP contribution in [0.3, 0.4) is 0 Å². The minimum absolute atomic E-state index is 0.0676. The molecule has 1 atom stereocenters. The molecule has 0 aliphatic carbocycles. The van der Waals surface area contributed by atoms with Gasteiger partial charge in [0.05, 0.1) is 18.7 Å². The predicted molar refractivity (Wildman–Crippen MR) is 72.0 cm³/mol. The third-order valence-corrected chi connectivity index (χ3v) is 4.52. The maximum atomic E-state index is 12.4. The minimum Gasteiger partial charge on any atom is -0.492 e. The number of hydrogen-bond donors (Lipinski definition) is 1. The largest absolute Gasteiger partial charge is 0.492 e. The molecule has 0 aliphatic rings. The van der Waals surface area contributed by atoms with Crippen LogP contribution in [0.15, 0.2) is 23.4 Å². The van der Waals surface area contributed by atoms with Crippen LogP contribution in [-0.4, -0.2) is 49.0 Å². The van der Waals surface area contributed by atoms with Gasteiger partial charge in [0.25, 0.3) is 0 Å². The molecule has 0 aliphatic heterocycles. The van der Waals surface area contributed by atoms with Crippen molar-refractivity contribution < 1.29 is 23.1 Å². The zero-order chi connectivity index (χ0) is 15.3. The molecule has 0 radical (unpaired) electrons. The lowest BCUT2D eigenvalue weighted by Crippen LogP contribution is -2.34. The van der Waals surface area contributed by atoms with E-state index in [1.54, 1.807) is 6.92 Å². The fourth-order valence-electron chi connectivity index (χ4n) is 1.57. The number of ether oxygens (including phenoxy) is 1. The lowest BCUT2D eigenvalue weighted by atomic mass is 10.2. The molecule has 1 rings (SSSR count). The molecule has 0 saturated carbocycles. The van der Waals surface area contributed by atoms with Crippen molar-refractivity contribution in [2.75, 3.05) is 20.2 Å². The second-order valence-electron chi connectivity index (χ2n) is 4.28. The highest BCUT2D eigenvalue weighted by Gasteiger charge is 2.27. The maximum absolute atomic E-state index is 12.4. The molecule has 1 unspecified atom stereocenters. The molecule has 1 aromatic heterocycles. The van der Waals surface area contributed by atoms with E-state index < -0.39 is 21.9 Å². The predicted octanol–water partition coefficient (Wildman–Crippen LogP) is 0.822. The molecule has 0 bridgehead atoms.